The van der Waals surface area contributed by atoms with Crippen LogP contribution in [-0.4, -0.2) is 27.8 Å². The number of rotatable bonds is 3. The first-order valence-electron chi connectivity index (χ1n) is 5.11. The molecule has 1 aliphatic carbocycles. The summed E-state index contributed by atoms with van der Waals surface area (Å²) in [6, 6.07) is 0. The minimum atomic E-state index is -0.287. The smallest absolute Gasteiger partial charge is 0.0611 e. The third kappa shape index (κ3) is 3.49. The van der Waals surface area contributed by atoms with Gasteiger partial charge in [0.05, 0.1) is 6.61 Å². The molecule has 0 aromatic rings. The molecule has 3 N–H and O–H groups in total. The van der Waals surface area contributed by atoms with Crippen LogP contribution in [0, 0.1) is 0 Å². The molecule has 0 heterocycles. The van der Waals surface area contributed by atoms with Gasteiger partial charge in [0.1, 0.15) is 0 Å². The van der Waals surface area contributed by atoms with Crippen molar-refractivity contribution in [3.8, 4) is 0 Å². The zero-order valence-corrected chi connectivity index (χ0v) is 9.44. The molecule has 0 radical (unpaired) electrons. The molecule has 0 amide bonds. The van der Waals surface area contributed by atoms with E-state index in [9.17, 15) is 0 Å². The molecule has 2 nitrogen and oxygen atoms in total. The summed E-state index contributed by atoms with van der Waals surface area (Å²) in [7, 11) is 0. The molecule has 2 unspecified atom stereocenters. The van der Waals surface area contributed by atoms with Crippen molar-refractivity contribution in [2.24, 2.45) is 5.73 Å². The van der Waals surface area contributed by atoms with Crippen LogP contribution in [-0.2, 0) is 0 Å². The molecule has 1 saturated carbocycles. The van der Waals surface area contributed by atoms with E-state index in [4.69, 9.17) is 10.8 Å². The van der Waals surface area contributed by atoms with Crippen LogP contribution in [0.2, 0.25) is 0 Å². The molecule has 0 aromatic heterocycles. The quantitative estimate of drug-likeness (QED) is 0.735. The van der Waals surface area contributed by atoms with E-state index in [1.165, 1.54) is 12.8 Å². The van der Waals surface area contributed by atoms with Crippen LogP contribution in [0.15, 0.2) is 0 Å². The fourth-order valence-electron chi connectivity index (χ4n) is 1.98. The van der Waals surface area contributed by atoms with Crippen LogP contribution in [0.3, 0.4) is 0 Å². The molecule has 0 bridgehead atoms. The first-order valence-corrected chi connectivity index (χ1v) is 6.05. The van der Waals surface area contributed by atoms with Gasteiger partial charge in [-0.1, -0.05) is 20.3 Å². The second-order valence-corrected chi connectivity index (χ2v) is 6.31. The van der Waals surface area contributed by atoms with Crippen molar-refractivity contribution in [3.05, 3.63) is 0 Å². The van der Waals surface area contributed by atoms with Gasteiger partial charge in [0.15, 0.2) is 0 Å². The molecular weight excluding hydrogens is 182 g/mol. The average molecular weight is 203 g/mol. The van der Waals surface area contributed by atoms with E-state index in [0.717, 1.165) is 12.8 Å². The summed E-state index contributed by atoms with van der Waals surface area (Å²) >= 11 is 2.00. The van der Waals surface area contributed by atoms with Crippen molar-refractivity contribution < 1.29 is 5.11 Å². The Hall–Kier alpha value is 0.270. The maximum absolute atomic E-state index is 9.17. The van der Waals surface area contributed by atoms with Crippen LogP contribution >= 0.6 is 11.8 Å². The third-order valence-electron chi connectivity index (χ3n) is 2.61. The van der Waals surface area contributed by atoms with Crippen LogP contribution in [0.1, 0.15) is 39.5 Å². The topological polar surface area (TPSA) is 46.2 Å². The number of nitrogens with two attached hydrogens (primary N) is 1. The maximum atomic E-state index is 9.17. The average Bonchev–Trinajstić information content (AvgIpc) is 2.03. The summed E-state index contributed by atoms with van der Waals surface area (Å²) < 4.78 is 0. The zero-order valence-electron chi connectivity index (χ0n) is 8.62. The molecule has 13 heavy (non-hydrogen) atoms. The Bertz CT molecular complexity index is 163. The molecule has 2 atom stereocenters. The molecule has 3 heteroatoms. The van der Waals surface area contributed by atoms with Gasteiger partial charge in [-0.25, -0.2) is 0 Å². The van der Waals surface area contributed by atoms with Gasteiger partial charge >= 0.3 is 0 Å². The van der Waals surface area contributed by atoms with Crippen molar-refractivity contribution in [2.45, 2.75) is 55.6 Å². The van der Waals surface area contributed by atoms with Crippen molar-refractivity contribution in [3.63, 3.8) is 0 Å². The van der Waals surface area contributed by atoms with E-state index in [-0.39, 0.29) is 12.1 Å². The molecular formula is C10H21NOS. The van der Waals surface area contributed by atoms with E-state index in [1.807, 2.05) is 11.8 Å². The van der Waals surface area contributed by atoms with Gasteiger partial charge in [0.2, 0.25) is 0 Å². The highest BCUT2D eigenvalue weighted by Crippen LogP contribution is 2.34. The van der Waals surface area contributed by atoms with Crippen molar-refractivity contribution in [1.82, 2.24) is 0 Å². The van der Waals surface area contributed by atoms with Gasteiger partial charge < -0.3 is 10.8 Å². The molecule has 1 aliphatic rings. The second-order valence-electron chi connectivity index (χ2n) is 4.42. The Morgan fingerprint density at radius 3 is 2.85 bits per heavy atom. The minimum Gasteiger partial charge on any atom is -0.394 e. The van der Waals surface area contributed by atoms with E-state index < -0.39 is 0 Å². The Morgan fingerprint density at radius 2 is 2.31 bits per heavy atom. The summed E-state index contributed by atoms with van der Waals surface area (Å²) in [5.74, 6) is 0. The number of aliphatic hydroxyl groups is 1. The molecule has 78 valence electrons. The Labute approximate surface area is 85.3 Å². The number of hydrogen-bond acceptors (Lipinski definition) is 3. The highest BCUT2D eigenvalue weighted by atomic mass is 32.2. The molecule has 0 saturated heterocycles. The van der Waals surface area contributed by atoms with Crippen molar-refractivity contribution >= 4 is 11.8 Å². The Balaban J connectivity index is 2.42. The lowest BCUT2D eigenvalue weighted by atomic mass is 9.83. The standard InChI is InChI=1S/C10H21NOS/c1-8(2)13-9-4-3-5-10(11,6-9)7-12/h8-9,12H,3-7,11H2,1-2H3. The van der Waals surface area contributed by atoms with Crippen LogP contribution < -0.4 is 5.73 Å². The predicted molar refractivity (Wildman–Crippen MR) is 59.0 cm³/mol. The highest BCUT2D eigenvalue weighted by Gasteiger charge is 2.32. The van der Waals surface area contributed by atoms with Crippen LogP contribution in [0.25, 0.3) is 0 Å². The number of hydrogen-bond donors (Lipinski definition) is 2. The second kappa shape index (κ2) is 4.67. The fourth-order valence-corrected chi connectivity index (χ4v) is 3.48. The van der Waals surface area contributed by atoms with E-state index >= 15 is 0 Å². The summed E-state index contributed by atoms with van der Waals surface area (Å²) in [6.07, 6.45) is 4.40. The van der Waals surface area contributed by atoms with E-state index in [2.05, 4.69) is 13.8 Å². The summed E-state index contributed by atoms with van der Waals surface area (Å²) in [6.45, 7) is 4.58. The van der Waals surface area contributed by atoms with Gasteiger partial charge in [0, 0.05) is 10.8 Å². The highest BCUT2D eigenvalue weighted by molar-refractivity contribution is 8.00. The summed E-state index contributed by atoms with van der Waals surface area (Å²) in [5.41, 5.74) is 5.77. The number of thioether (sulfide) groups is 1. The lowest BCUT2D eigenvalue weighted by molar-refractivity contribution is 0.159. The fraction of sp³-hybridized carbons (Fsp3) is 1.00. The maximum Gasteiger partial charge on any atom is 0.0611 e. The Kier molecular flexibility index (Phi) is 4.07. The van der Waals surface area contributed by atoms with Gasteiger partial charge in [-0.05, 0) is 24.5 Å². The zero-order chi connectivity index (χ0) is 9.90. The minimum absolute atomic E-state index is 0.141. The van der Waals surface area contributed by atoms with Crippen molar-refractivity contribution in [1.29, 1.82) is 0 Å². The monoisotopic (exact) mass is 203 g/mol. The van der Waals surface area contributed by atoms with Gasteiger partial charge in [-0.15, -0.1) is 0 Å². The predicted octanol–water partition coefficient (Wildman–Crippen LogP) is 1.76. The van der Waals surface area contributed by atoms with Crippen LogP contribution in [0.5, 0.6) is 0 Å². The van der Waals surface area contributed by atoms with Gasteiger partial charge in [0.25, 0.3) is 0 Å². The van der Waals surface area contributed by atoms with E-state index in [0.29, 0.717) is 10.5 Å². The molecule has 1 rings (SSSR count). The Morgan fingerprint density at radius 1 is 1.62 bits per heavy atom. The van der Waals surface area contributed by atoms with Gasteiger partial charge in [-0.3, -0.25) is 0 Å². The molecule has 0 aliphatic heterocycles. The number of aliphatic hydroxyl groups excluding tert-OH is 1. The molecule has 0 aromatic carbocycles. The largest absolute Gasteiger partial charge is 0.394 e. The first-order chi connectivity index (χ1) is 6.06. The van der Waals surface area contributed by atoms with Gasteiger partial charge in [-0.2, -0.15) is 11.8 Å². The van der Waals surface area contributed by atoms with Crippen molar-refractivity contribution in [2.75, 3.05) is 6.61 Å². The SMILES string of the molecule is CC(C)SC1CCCC(N)(CO)C1. The normalized spacial score (nSPS) is 35.3. The molecule has 1 fully saturated rings. The van der Waals surface area contributed by atoms with E-state index in [1.54, 1.807) is 0 Å². The summed E-state index contributed by atoms with van der Waals surface area (Å²) in [5, 5.41) is 10.5. The van der Waals surface area contributed by atoms with Crippen LogP contribution in [0.4, 0.5) is 0 Å². The molecule has 0 spiro atoms. The lowest BCUT2D eigenvalue weighted by Crippen LogP contribution is -2.48. The summed E-state index contributed by atoms with van der Waals surface area (Å²) in [4.78, 5) is 0. The first kappa shape index (κ1) is 11.3. The third-order valence-corrected chi connectivity index (χ3v) is 3.95. The lowest BCUT2D eigenvalue weighted by Gasteiger charge is -2.36.